The van der Waals surface area contributed by atoms with Crippen molar-refractivity contribution in [1.82, 2.24) is 20.1 Å². The van der Waals surface area contributed by atoms with Gasteiger partial charge in [0.2, 0.25) is 0 Å². The van der Waals surface area contributed by atoms with E-state index in [1.54, 1.807) is 18.2 Å². The summed E-state index contributed by atoms with van der Waals surface area (Å²) < 4.78 is 65.2. The lowest BCUT2D eigenvalue weighted by molar-refractivity contribution is -0.140. The monoisotopic (exact) mass is 557 g/mol. The Morgan fingerprint density at radius 2 is 1.92 bits per heavy atom. The number of nitrogens with one attached hydrogen (secondary N) is 2. The number of benzene rings is 1. The van der Waals surface area contributed by atoms with Crippen LogP contribution in [0.5, 0.6) is 0 Å². The zero-order valence-electron chi connectivity index (χ0n) is 20.4. The van der Waals surface area contributed by atoms with Crippen molar-refractivity contribution in [3.05, 3.63) is 52.4 Å². The molecule has 3 aromatic rings. The Morgan fingerprint density at radius 3 is 2.59 bits per heavy atom. The summed E-state index contributed by atoms with van der Waals surface area (Å²) in [5.74, 6) is -0.494. The number of alkyl halides is 3. The van der Waals surface area contributed by atoms with E-state index in [0.29, 0.717) is 30.3 Å². The maximum atomic E-state index is 13.5. The minimum atomic E-state index is -4.59. The number of fused-ring (bicyclic) bond motifs is 1. The van der Waals surface area contributed by atoms with Crippen LogP contribution in [0.25, 0.3) is 10.9 Å². The third kappa shape index (κ3) is 6.18. The number of carbonyl (C=O) groups is 1. The van der Waals surface area contributed by atoms with E-state index >= 15 is 0 Å². The second-order valence-corrected chi connectivity index (χ2v) is 12.2. The zero-order valence-corrected chi connectivity index (χ0v) is 22.0. The van der Waals surface area contributed by atoms with Gasteiger partial charge >= 0.3 is 6.18 Å². The summed E-state index contributed by atoms with van der Waals surface area (Å²) in [4.78, 5) is 16.7. The molecular weight excluding hydrogens is 531 g/mol. The molecule has 3 atom stereocenters. The van der Waals surface area contributed by atoms with Crippen molar-refractivity contribution in [3.8, 4) is 0 Å². The second-order valence-electron chi connectivity index (χ2n) is 9.49. The number of carbonyl (C=O) groups excluding carboxylic acids is 1. The number of sulfone groups is 1. The van der Waals surface area contributed by atoms with E-state index in [-0.39, 0.29) is 28.3 Å². The maximum absolute atomic E-state index is 13.5. The number of rotatable bonds is 6. The first-order valence-electron chi connectivity index (χ1n) is 11.7. The van der Waals surface area contributed by atoms with Gasteiger partial charge in [-0.3, -0.25) is 9.48 Å². The first kappa shape index (κ1) is 27.2. The Morgan fingerprint density at radius 1 is 1.22 bits per heavy atom. The molecule has 37 heavy (non-hydrogen) atoms. The van der Waals surface area contributed by atoms with Crippen LogP contribution < -0.4 is 10.6 Å². The normalized spacial score (nSPS) is 19.5. The highest BCUT2D eigenvalue weighted by Crippen LogP contribution is 2.35. The molecule has 1 aliphatic rings. The summed E-state index contributed by atoms with van der Waals surface area (Å²) in [6.07, 6.45) is 0.395. The SMILES string of the molecule is Cc1ccc2nc(C(F)(F)F)cc(N[C@H]3CCC[C@@H](NC(=O)c4cn(C(C)S(C)(=O)=O)nc4Cl)C3)c2c1. The fourth-order valence-corrected chi connectivity index (χ4v) is 5.17. The lowest BCUT2D eigenvalue weighted by Gasteiger charge is -2.31. The van der Waals surface area contributed by atoms with Gasteiger partial charge in [-0.15, -0.1) is 0 Å². The molecule has 0 aliphatic heterocycles. The number of aromatic nitrogens is 3. The van der Waals surface area contributed by atoms with Crippen molar-refractivity contribution in [3.63, 3.8) is 0 Å². The van der Waals surface area contributed by atoms with Crippen LogP contribution in [-0.2, 0) is 16.0 Å². The number of hydrogen-bond acceptors (Lipinski definition) is 6. The van der Waals surface area contributed by atoms with E-state index in [4.69, 9.17) is 11.6 Å². The lowest BCUT2D eigenvalue weighted by Crippen LogP contribution is -2.41. The van der Waals surface area contributed by atoms with Gasteiger partial charge in [0, 0.05) is 35.6 Å². The van der Waals surface area contributed by atoms with E-state index < -0.39 is 33.0 Å². The van der Waals surface area contributed by atoms with E-state index in [1.165, 1.54) is 13.1 Å². The molecule has 1 saturated carbocycles. The van der Waals surface area contributed by atoms with Gasteiger partial charge in [0.25, 0.3) is 5.91 Å². The molecule has 8 nitrogen and oxygen atoms in total. The molecule has 1 unspecified atom stereocenters. The summed E-state index contributed by atoms with van der Waals surface area (Å²) in [6, 6.07) is 5.67. The van der Waals surface area contributed by atoms with Gasteiger partial charge in [-0.05, 0) is 57.7 Å². The van der Waals surface area contributed by atoms with Crippen LogP contribution in [0.1, 0.15) is 59.6 Å². The Kier molecular flexibility index (Phi) is 7.44. The zero-order chi connectivity index (χ0) is 27.1. The van der Waals surface area contributed by atoms with Gasteiger partial charge in [-0.1, -0.05) is 23.2 Å². The number of anilines is 1. The van der Waals surface area contributed by atoms with Crippen molar-refractivity contribution >= 4 is 43.9 Å². The molecule has 2 heterocycles. The molecule has 0 spiro atoms. The highest BCUT2D eigenvalue weighted by Gasteiger charge is 2.34. The standard InChI is InChI=1S/C24H27ClF3N5O3S/c1-13-7-8-19-17(9-13)20(11-21(31-19)24(26,27)28)29-15-5-4-6-16(10-15)30-23(34)18-12-33(32-22(18)25)14(2)37(3,35)36/h7-9,11-12,14-16H,4-6,10H2,1-3H3,(H,29,31)(H,30,34)/t14?,15-,16+/m0/s1. The predicted molar refractivity (Wildman–Crippen MR) is 135 cm³/mol. The smallest absolute Gasteiger partial charge is 0.382 e. The van der Waals surface area contributed by atoms with Crippen molar-refractivity contribution in [2.24, 2.45) is 0 Å². The quantitative estimate of drug-likeness (QED) is 0.435. The first-order chi connectivity index (χ1) is 17.2. The number of pyridine rings is 1. The molecule has 13 heteroatoms. The van der Waals surface area contributed by atoms with Gasteiger partial charge in [0.15, 0.2) is 15.0 Å². The van der Waals surface area contributed by atoms with Crippen LogP contribution in [0.3, 0.4) is 0 Å². The van der Waals surface area contributed by atoms with Gasteiger partial charge in [0.05, 0.1) is 11.1 Å². The summed E-state index contributed by atoms with van der Waals surface area (Å²) in [6.45, 7) is 3.29. The molecule has 0 saturated heterocycles. The second kappa shape index (κ2) is 10.1. The van der Waals surface area contributed by atoms with Crippen LogP contribution in [0.15, 0.2) is 30.5 Å². The number of halogens is 4. The predicted octanol–water partition coefficient (Wildman–Crippen LogP) is 5.13. The summed E-state index contributed by atoms with van der Waals surface area (Å²) in [5.41, 5.74) is 0.573. The average molecular weight is 558 g/mol. The first-order valence-corrected chi connectivity index (χ1v) is 14.0. The van der Waals surface area contributed by atoms with Crippen molar-refractivity contribution in [2.45, 2.75) is 63.2 Å². The fourth-order valence-electron chi connectivity index (χ4n) is 4.44. The van der Waals surface area contributed by atoms with Gasteiger partial charge in [0.1, 0.15) is 11.1 Å². The Bertz CT molecular complexity index is 1440. The minimum Gasteiger partial charge on any atom is -0.382 e. The molecule has 0 radical (unpaired) electrons. The molecule has 2 N–H and O–H groups in total. The van der Waals surface area contributed by atoms with E-state index in [1.807, 2.05) is 6.92 Å². The highest BCUT2D eigenvalue weighted by molar-refractivity contribution is 7.90. The van der Waals surface area contributed by atoms with Crippen LogP contribution in [-0.4, -0.2) is 47.4 Å². The lowest BCUT2D eigenvalue weighted by atomic mass is 9.90. The summed E-state index contributed by atoms with van der Waals surface area (Å²) >= 11 is 6.11. The third-order valence-corrected chi connectivity index (χ3v) is 8.28. The molecule has 2 aromatic heterocycles. The van der Waals surface area contributed by atoms with Crippen molar-refractivity contribution in [1.29, 1.82) is 0 Å². The number of hydrogen-bond donors (Lipinski definition) is 2. The van der Waals surface area contributed by atoms with Crippen molar-refractivity contribution in [2.75, 3.05) is 11.6 Å². The Labute approximate surface area is 217 Å². The number of amides is 1. The number of aryl methyl sites for hydroxylation is 1. The van der Waals surface area contributed by atoms with Gasteiger partial charge in [-0.25, -0.2) is 13.4 Å². The van der Waals surface area contributed by atoms with Crippen LogP contribution in [0.4, 0.5) is 18.9 Å². The highest BCUT2D eigenvalue weighted by atomic mass is 35.5. The van der Waals surface area contributed by atoms with Gasteiger partial charge in [-0.2, -0.15) is 18.3 Å². The van der Waals surface area contributed by atoms with E-state index in [2.05, 4.69) is 20.7 Å². The van der Waals surface area contributed by atoms with E-state index in [9.17, 15) is 26.4 Å². The molecule has 4 rings (SSSR count). The van der Waals surface area contributed by atoms with Crippen LogP contribution in [0, 0.1) is 6.92 Å². The van der Waals surface area contributed by atoms with E-state index in [0.717, 1.165) is 29.0 Å². The summed E-state index contributed by atoms with van der Waals surface area (Å²) in [5, 5.41) is 9.61. The number of nitrogens with zero attached hydrogens (tertiary/aromatic N) is 3. The van der Waals surface area contributed by atoms with Gasteiger partial charge < -0.3 is 10.6 Å². The van der Waals surface area contributed by atoms with Crippen LogP contribution in [0.2, 0.25) is 5.15 Å². The molecule has 1 aliphatic carbocycles. The minimum absolute atomic E-state index is 0.0534. The average Bonchev–Trinajstić information content (AvgIpc) is 3.19. The third-order valence-electron chi connectivity index (χ3n) is 6.55. The molecule has 0 bridgehead atoms. The molecule has 1 aromatic carbocycles. The largest absolute Gasteiger partial charge is 0.433 e. The molecule has 1 amide bonds. The summed E-state index contributed by atoms with van der Waals surface area (Å²) in [7, 11) is -3.45. The maximum Gasteiger partial charge on any atom is 0.433 e. The van der Waals surface area contributed by atoms with Crippen LogP contribution >= 0.6 is 11.6 Å². The fraction of sp³-hybridized carbons (Fsp3) is 0.458. The Balaban J connectivity index is 1.51. The molecule has 200 valence electrons. The Hall–Kier alpha value is -2.86. The van der Waals surface area contributed by atoms with Crippen molar-refractivity contribution < 1.29 is 26.4 Å². The molecule has 1 fully saturated rings. The molecular formula is C24H27ClF3N5O3S. The topological polar surface area (TPSA) is 106 Å².